The third-order valence-electron chi connectivity index (χ3n) is 2.66. The Bertz CT molecular complexity index is 579. The molecule has 0 saturated heterocycles. The van der Waals surface area contributed by atoms with Gasteiger partial charge < -0.3 is 21.1 Å². The minimum Gasteiger partial charge on any atom is -0.378 e. The molecule has 0 saturated carbocycles. The summed E-state index contributed by atoms with van der Waals surface area (Å²) in [4.78, 5) is 31.6. The van der Waals surface area contributed by atoms with Crippen molar-refractivity contribution in [1.29, 1.82) is 0 Å². The van der Waals surface area contributed by atoms with E-state index in [1.807, 2.05) is 0 Å². The summed E-state index contributed by atoms with van der Waals surface area (Å²) in [6.07, 6.45) is 0. The fourth-order valence-corrected chi connectivity index (χ4v) is 1.62. The first-order valence-corrected chi connectivity index (χ1v) is 6.67. The fourth-order valence-electron chi connectivity index (χ4n) is 1.62. The number of hydrogen-bond acceptors (Lipinski definition) is 8. The molecule has 0 radical (unpaired) electrons. The Morgan fingerprint density at radius 2 is 1.96 bits per heavy atom. The first kappa shape index (κ1) is 18.3. The first-order chi connectivity index (χ1) is 11.0. The average molecular weight is 327 g/mol. The number of rotatable bonds is 10. The Kier molecular flexibility index (Phi) is 7.36. The molecule has 0 heterocycles. The smallest absolute Gasteiger partial charge is 0.299 e. The van der Waals surface area contributed by atoms with Crippen molar-refractivity contribution in [3.8, 4) is 0 Å². The van der Waals surface area contributed by atoms with Crippen molar-refractivity contribution in [2.24, 2.45) is 5.73 Å². The standard InChI is InChI=1S/C12H17N5O6/c13-3-5-23-6-4-14-12(18)8-15-10-2-1-9(16(19)20)7-11(10)17(21)22/h1-2,7,15H,3-6,8,13H2,(H,14,18). The van der Waals surface area contributed by atoms with Crippen molar-refractivity contribution >= 4 is 23.0 Å². The van der Waals surface area contributed by atoms with Gasteiger partial charge in [-0.2, -0.15) is 0 Å². The number of ether oxygens (including phenoxy) is 1. The predicted octanol–water partition coefficient (Wildman–Crippen LogP) is 0.00640. The number of non-ortho nitro benzene ring substituents is 1. The lowest BCUT2D eigenvalue weighted by Gasteiger charge is -2.08. The second kappa shape index (κ2) is 9.27. The molecule has 0 bridgehead atoms. The molecule has 1 rings (SSSR count). The third-order valence-corrected chi connectivity index (χ3v) is 2.66. The lowest BCUT2D eigenvalue weighted by molar-refractivity contribution is -0.393. The van der Waals surface area contributed by atoms with Gasteiger partial charge in [0.2, 0.25) is 5.91 Å². The maximum atomic E-state index is 11.6. The molecule has 1 aromatic carbocycles. The largest absolute Gasteiger partial charge is 0.378 e. The Balaban J connectivity index is 2.55. The van der Waals surface area contributed by atoms with E-state index in [2.05, 4.69) is 10.6 Å². The fraction of sp³-hybridized carbons (Fsp3) is 0.417. The zero-order valence-corrected chi connectivity index (χ0v) is 12.2. The highest BCUT2D eigenvalue weighted by atomic mass is 16.6. The van der Waals surface area contributed by atoms with Crippen LogP contribution in [0.1, 0.15) is 0 Å². The molecule has 0 aromatic heterocycles. The number of nitrogens with two attached hydrogens (primary N) is 1. The minimum atomic E-state index is -0.756. The van der Waals surface area contributed by atoms with Gasteiger partial charge in [-0.1, -0.05) is 0 Å². The number of nitro benzene ring substituents is 2. The van der Waals surface area contributed by atoms with Crippen LogP contribution in [-0.2, 0) is 9.53 Å². The van der Waals surface area contributed by atoms with E-state index in [1.54, 1.807) is 0 Å². The lowest BCUT2D eigenvalue weighted by Crippen LogP contribution is -2.32. The second-order valence-corrected chi connectivity index (χ2v) is 4.32. The van der Waals surface area contributed by atoms with Gasteiger partial charge in [-0.3, -0.25) is 25.0 Å². The molecular weight excluding hydrogens is 310 g/mol. The Morgan fingerprint density at radius 3 is 2.57 bits per heavy atom. The van der Waals surface area contributed by atoms with Gasteiger partial charge in [0.25, 0.3) is 11.4 Å². The summed E-state index contributed by atoms with van der Waals surface area (Å²) in [5.41, 5.74) is 4.38. The molecule has 1 aromatic rings. The highest BCUT2D eigenvalue weighted by molar-refractivity contribution is 5.81. The molecule has 11 heteroatoms. The lowest BCUT2D eigenvalue weighted by atomic mass is 10.2. The Labute approximate surface area is 131 Å². The predicted molar refractivity (Wildman–Crippen MR) is 81.1 cm³/mol. The van der Waals surface area contributed by atoms with E-state index in [-0.39, 0.29) is 18.8 Å². The van der Waals surface area contributed by atoms with Crippen LogP contribution in [0.4, 0.5) is 17.1 Å². The summed E-state index contributed by atoms with van der Waals surface area (Å²) in [5.74, 6) is -0.394. The number of carbonyl (C=O) groups excluding carboxylic acids is 1. The van der Waals surface area contributed by atoms with Crippen LogP contribution in [0, 0.1) is 20.2 Å². The molecule has 0 atom stereocenters. The summed E-state index contributed by atoms with van der Waals surface area (Å²) in [6, 6.07) is 3.14. The van der Waals surface area contributed by atoms with Crippen LogP contribution < -0.4 is 16.4 Å². The Hall–Kier alpha value is -2.79. The van der Waals surface area contributed by atoms with Crippen LogP contribution in [0.3, 0.4) is 0 Å². The molecule has 0 aliphatic rings. The van der Waals surface area contributed by atoms with Crippen molar-refractivity contribution in [3.05, 3.63) is 38.4 Å². The summed E-state index contributed by atoms with van der Waals surface area (Å²) >= 11 is 0. The number of nitrogens with zero attached hydrogens (tertiary/aromatic N) is 2. The van der Waals surface area contributed by atoms with Crippen molar-refractivity contribution in [2.45, 2.75) is 0 Å². The summed E-state index contributed by atoms with van der Waals surface area (Å²) in [7, 11) is 0. The van der Waals surface area contributed by atoms with Gasteiger partial charge in [0, 0.05) is 19.2 Å². The molecule has 0 spiro atoms. The molecular formula is C12H17N5O6. The molecule has 0 unspecified atom stereocenters. The van der Waals surface area contributed by atoms with Gasteiger partial charge in [-0.25, -0.2) is 0 Å². The van der Waals surface area contributed by atoms with Gasteiger partial charge in [-0.15, -0.1) is 0 Å². The van der Waals surface area contributed by atoms with E-state index < -0.39 is 27.1 Å². The molecule has 1 amide bonds. The molecule has 0 aliphatic carbocycles. The van der Waals surface area contributed by atoms with Crippen LogP contribution in [-0.4, -0.2) is 48.6 Å². The zero-order chi connectivity index (χ0) is 17.2. The third kappa shape index (κ3) is 6.23. The number of amides is 1. The number of anilines is 1. The molecule has 0 fully saturated rings. The number of nitrogens with one attached hydrogen (secondary N) is 2. The number of carbonyl (C=O) groups is 1. The SMILES string of the molecule is NCCOCCNC(=O)CNc1ccc([N+](=O)[O-])cc1[N+](=O)[O-]. The molecule has 23 heavy (non-hydrogen) atoms. The van der Waals surface area contributed by atoms with Crippen molar-refractivity contribution in [1.82, 2.24) is 5.32 Å². The number of benzene rings is 1. The van der Waals surface area contributed by atoms with Gasteiger partial charge >= 0.3 is 0 Å². The molecule has 126 valence electrons. The molecule has 11 nitrogen and oxygen atoms in total. The van der Waals surface area contributed by atoms with Gasteiger partial charge in [0.05, 0.1) is 35.7 Å². The van der Waals surface area contributed by atoms with Gasteiger partial charge in [-0.05, 0) is 6.07 Å². The normalized spacial score (nSPS) is 10.1. The number of hydrogen-bond donors (Lipinski definition) is 3. The van der Waals surface area contributed by atoms with Crippen molar-refractivity contribution in [3.63, 3.8) is 0 Å². The minimum absolute atomic E-state index is 0.0233. The molecule has 0 aliphatic heterocycles. The first-order valence-electron chi connectivity index (χ1n) is 6.67. The average Bonchev–Trinajstić information content (AvgIpc) is 2.52. The maximum Gasteiger partial charge on any atom is 0.299 e. The summed E-state index contributed by atoms with van der Waals surface area (Å²) in [5, 5.41) is 26.7. The van der Waals surface area contributed by atoms with Crippen molar-refractivity contribution < 1.29 is 19.4 Å². The van der Waals surface area contributed by atoms with E-state index in [9.17, 15) is 25.0 Å². The number of nitro groups is 2. The maximum absolute atomic E-state index is 11.6. The van der Waals surface area contributed by atoms with E-state index in [1.165, 1.54) is 6.07 Å². The van der Waals surface area contributed by atoms with Gasteiger partial charge in [0.15, 0.2) is 0 Å². The van der Waals surface area contributed by atoms with Crippen LogP contribution in [0.5, 0.6) is 0 Å². The topological polar surface area (TPSA) is 163 Å². The highest BCUT2D eigenvalue weighted by Crippen LogP contribution is 2.28. The van der Waals surface area contributed by atoms with Crippen LogP contribution in [0.25, 0.3) is 0 Å². The van der Waals surface area contributed by atoms with Crippen LogP contribution >= 0.6 is 0 Å². The quantitative estimate of drug-likeness (QED) is 0.307. The summed E-state index contributed by atoms with van der Waals surface area (Å²) in [6.45, 7) is 1.15. The highest BCUT2D eigenvalue weighted by Gasteiger charge is 2.19. The van der Waals surface area contributed by atoms with Crippen LogP contribution in [0.2, 0.25) is 0 Å². The van der Waals surface area contributed by atoms with E-state index >= 15 is 0 Å². The van der Waals surface area contributed by atoms with Gasteiger partial charge in [0.1, 0.15) is 5.69 Å². The van der Waals surface area contributed by atoms with Crippen LogP contribution in [0.15, 0.2) is 18.2 Å². The summed E-state index contributed by atoms with van der Waals surface area (Å²) < 4.78 is 5.07. The van der Waals surface area contributed by atoms with Crippen molar-refractivity contribution in [2.75, 3.05) is 38.2 Å². The molecule has 4 N–H and O–H groups in total. The van der Waals surface area contributed by atoms with E-state index in [0.29, 0.717) is 19.8 Å². The zero-order valence-electron chi connectivity index (χ0n) is 12.2. The van der Waals surface area contributed by atoms with E-state index in [4.69, 9.17) is 10.5 Å². The Morgan fingerprint density at radius 1 is 1.22 bits per heavy atom. The van der Waals surface area contributed by atoms with E-state index in [0.717, 1.165) is 12.1 Å². The monoisotopic (exact) mass is 327 g/mol. The second-order valence-electron chi connectivity index (χ2n) is 4.32.